The van der Waals surface area contributed by atoms with E-state index in [1.54, 1.807) is 17.5 Å². The van der Waals surface area contributed by atoms with Crippen LogP contribution in [0.4, 0.5) is 18.9 Å². The highest BCUT2D eigenvalue weighted by Crippen LogP contribution is 2.43. The topological polar surface area (TPSA) is 101 Å². The number of hydrogen-bond acceptors (Lipinski definition) is 6. The monoisotopic (exact) mass is 367 g/mol. The summed E-state index contributed by atoms with van der Waals surface area (Å²) in [6.07, 6.45) is -3.12. The number of nitrogens with zero attached hydrogens (tertiary/aromatic N) is 3. The van der Waals surface area contributed by atoms with Crippen molar-refractivity contribution in [2.45, 2.75) is 6.18 Å². The Balaban J connectivity index is 2.36. The molecule has 0 radical (unpaired) electrons. The molecule has 0 saturated heterocycles. The summed E-state index contributed by atoms with van der Waals surface area (Å²) in [5.74, 6) is -0.233. The molecule has 0 aliphatic heterocycles. The molecule has 0 bridgehead atoms. The smallest absolute Gasteiger partial charge is 0.397 e. The first-order chi connectivity index (χ1) is 11.3. The Bertz CT molecular complexity index is 981. The number of rotatable bonds is 2. The van der Waals surface area contributed by atoms with Crippen LogP contribution in [0.15, 0.2) is 28.6 Å². The van der Waals surface area contributed by atoms with Crippen LogP contribution in [-0.2, 0) is 6.18 Å². The van der Waals surface area contributed by atoms with Crippen LogP contribution < -0.4 is 11.5 Å². The van der Waals surface area contributed by atoms with Crippen LogP contribution in [-0.4, -0.2) is 10.8 Å². The predicted octanol–water partition coefficient (Wildman–Crippen LogP) is 3.81. The maximum atomic E-state index is 13.5. The van der Waals surface area contributed by atoms with E-state index in [4.69, 9.17) is 16.7 Å². The van der Waals surface area contributed by atoms with Crippen LogP contribution >= 0.6 is 22.7 Å². The van der Waals surface area contributed by atoms with Crippen molar-refractivity contribution in [3.05, 3.63) is 34.0 Å². The van der Waals surface area contributed by atoms with Gasteiger partial charge in [0.2, 0.25) is 6.19 Å². The molecule has 0 saturated carbocycles. The van der Waals surface area contributed by atoms with Crippen molar-refractivity contribution in [2.24, 2.45) is 10.7 Å². The number of amidine groups is 1. The lowest BCUT2D eigenvalue weighted by Gasteiger charge is -2.10. The van der Waals surface area contributed by atoms with Gasteiger partial charge >= 0.3 is 6.18 Å². The lowest BCUT2D eigenvalue weighted by molar-refractivity contribution is -0.136. The average Bonchev–Trinajstić information content (AvgIpc) is 3.14. The van der Waals surface area contributed by atoms with Gasteiger partial charge in [0.15, 0.2) is 5.84 Å². The maximum absolute atomic E-state index is 13.5. The summed E-state index contributed by atoms with van der Waals surface area (Å²) >= 11 is 2.16. The molecule has 3 rings (SSSR count). The lowest BCUT2D eigenvalue weighted by atomic mass is 10.1. The molecule has 24 heavy (non-hydrogen) atoms. The molecular weight excluding hydrogens is 359 g/mol. The van der Waals surface area contributed by atoms with Crippen molar-refractivity contribution in [1.29, 1.82) is 5.26 Å². The van der Waals surface area contributed by atoms with Crippen molar-refractivity contribution in [3.63, 3.8) is 0 Å². The summed E-state index contributed by atoms with van der Waals surface area (Å²) < 4.78 is 40.5. The van der Waals surface area contributed by atoms with Gasteiger partial charge in [-0.3, -0.25) is 0 Å². The van der Waals surface area contributed by atoms with Gasteiger partial charge in [-0.25, -0.2) is 4.98 Å². The molecule has 0 atom stereocenters. The first-order valence-electron chi connectivity index (χ1n) is 6.39. The normalized spacial score (nSPS) is 12.5. The van der Waals surface area contributed by atoms with Crippen molar-refractivity contribution in [3.8, 4) is 16.8 Å². The number of halogens is 3. The summed E-state index contributed by atoms with van der Waals surface area (Å²) in [5.41, 5.74) is 10.6. The molecule has 3 aromatic rings. The molecule has 0 fully saturated rings. The fraction of sp³-hybridized carbons (Fsp3) is 0.0714. The number of nitrogens with two attached hydrogens (primary N) is 2. The number of fused-ring (bicyclic) bond motifs is 1. The van der Waals surface area contributed by atoms with Crippen LogP contribution in [0.1, 0.15) is 10.4 Å². The number of nitrogen functional groups attached to an aromatic ring is 1. The molecular formula is C14H8F3N5S2. The van der Waals surface area contributed by atoms with Gasteiger partial charge in [-0.15, -0.1) is 22.7 Å². The average molecular weight is 367 g/mol. The molecule has 10 heteroatoms. The molecule has 3 aromatic heterocycles. The predicted molar refractivity (Wildman–Crippen MR) is 88.7 cm³/mol. The Morgan fingerprint density at radius 2 is 2.12 bits per heavy atom. The third-order valence-corrected chi connectivity index (χ3v) is 5.20. The lowest BCUT2D eigenvalue weighted by Crippen LogP contribution is -2.13. The number of nitriles is 1. The number of pyridine rings is 1. The van der Waals surface area contributed by atoms with Crippen LogP contribution in [0.3, 0.4) is 0 Å². The highest BCUT2D eigenvalue weighted by molar-refractivity contribution is 7.21. The van der Waals surface area contributed by atoms with Gasteiger partial charge in [0.1, 0.15) is 4.83 Å². The maximum Gasteiger partial charge on any atom is 0.417 e. The molecule has 122 valence electrons. The molecule has 0 spiro atoms. The molecule has 0 unspecified atom stereocenters. The largest absolute Gasteiger partial charge is 0.417 e. The zero-order valence-corrected chi connectivity index (χ0v) is 13.4. The Kier molecular flexibility index (Phi) is 3.90. The second-order valence-electron chi connectivity index (χ2n) is 4.65. The van der Waals surface area contributed by atoms with E-state index in [1.165, 1.54) is 17.5 Å². The summed E-state index contributed by atoms with van der Waals surface area (Å²) in [4.78, 5) is 8.41. The number of aromatic nitrogens is 1. The van der Waals surface area contributed by atoms with Crippen molar-refractivity contribution >= 4 is 44.4 Å². The van der Waals surface area contributed by atoms with Gasteiger partial charge < -0.3 is 11.5 Å². The summed E-state index contributed by atoms with van der Waals surface area (Å²) in [7, 11) is 0. The molecule has 5 nitrogen and oxygen atoms in total. The minimum absolute atomic E-state index is 0.0943. The number of hydrogen-bond donors (Lipinski definition) is 2. The van der Waals surface area contributed by atoms with Crippen molar-refractivity contribution < 1.29 is 13.2 Å². The van der Waals surface area contributed by atoms with Gasteiger partial charge in [0.05, 0.1) is 26.7 Å². The zero-order valence-electron chi connectivity index (χ0n) is 11.8. The molecule has 3 heterocycles. The number of thiophene rings is 2. The second kappa shape index (κ2) is 5.77. The van der Waals surface area contributed by atoms with E-state index >= 15 is 0 Å². The van der Waals surface area contributed by atoms with Gasteiger partial charge in [0.25, 0.3) is 0 Å². The van der Waals surface area contributed by atoms with E-state index in [-0.39, 0.29) is 32.3 Å². The van der Waals surface area contributed by atoms with Crippen molar-refractivity contribution in [2.75, 3.05) is 5.73 Å². The Labute approximate surface area is 141 Å². The van der Waals surface area contributed by atoms with Crippen LogP contribution in [0, 0.1) is 11.5 Å². The van der Waals surface area contributed by atoms with Crippen LogP contribution in [0.5, 0.6) is 0 Å². The van der Waals surface area contributed by atoms with Gasteiger partial charge in [0, 0.05) is 5.39 Å². The molecule has 4 N–H and O–H groups in total. The number of aliphatic imine (C=N–C) groups is 1. The second-order valence-corrected chi connectivity index (χ2v) is 6.60. The van der Waals surface area contributed by atoms with Crippen molar-refractivity contribution in [1.82, 2.24) is 4.98 Å². The van der Waals surface area contributed by atoms with Gasteiger partial charge in [-0.05, 0) is 17.5 Å². The fourth-order valence-electron chi connectivity index (χ4n) is 2.19. The first-order valence-corrected chi connectivity index (χ1v) is 8.09. The highest BCUT2D eigenvalue weighted by Gasteiger charge is 2.36. The zero-order chi connectivity index (χ0) is 17.5. The summed E-state index contributed by atoms with van der Waals surface area (Å²) in [6, 6.07) is 4.38. The molecule has 0 aliphatic rings. The quantitative estimate of drug-likeness (QED) is 0.408. The van der Waals surface area contributed by atoms with Crippen LogP contribution in [0.2, 0.25) is 0 Å². The SMILES string of the molecule is N#CN=C(N)c1sc2nc(-c3cccs3)cc(C(F)(F)F)c2c1N. The highest BCUT2D eigenvalue weighted by atomic mass is 32.1. The standard InChI is InChI=1S/C14H8F3N5S2/c15-14(16,17)6-4-7(8-2-1-3-23-8)22-13-9(6)10(19)11(24-13)12(20)21-5-18/h1-4H,19H2,(H2,20,21). The van der Waals surface area contributed by atoms with E-state index in [2.05, 4.69) is 9.98 Å². The fourth-order valence-corrected chi connectivity index (χ4v) is 3.90. The summed E-state index contributed by atoms with van der Waals surface area (Å²) in [5, 5.41) is 10.1. The van der Waals surface area contributed by atoms with E-state index in [9.17, 15) is 13.2 Å². The van der Waals surface area contributed by atoms with E-state index in [0.29, 0.717) is 4.88 Å². The molecule has 0 aromatic carbocycles. The van der Waals surface area contributed by atoms with E-state index in [0.717, 1.165) is 17.4 Å². The Morgan fingerprint density at radius 1 is 1.38 bits per heavy atom. The van der Waals surface area contributed by atoms with E-state index in [1.807, 2.05) is 0 Å². The summed E-state index contributed by atoms with van der Waals surface area (Å²) in [6.45, 7) is 0. The minimum Gasteiger partial charge on any atom is -0.397 e. The van der Waals surface area contributed by atoms with Crippen LogP contribution in [0.25, 0.3) is 20.8 Å². The van der Waals surface area contributed by atoms with Gasteiger partial charge in [-0.1, -0.05) is 6.07 Å². The first kappa shape index (κ1) is 16.2. The molecule has 0 aliphatic carbocycles. The number of anilines is 1. The third kappa shape index (κ3) is 2.68. The Hall–Kier alpha value is -2.64. The Morgan fingerprint density at radius 3 is 2.71 bits per heavy atom. The minimum atomic E-state index is -4.61. The van der Waals surface area contributed by atoms with Gasteiger partial charge in [-0.2, -0.15) is 23.4 Å². The number of alkyl halides is 3. The third-order valence-electron chi connectivity index (χ3n) is 3.18. The van der Waals surface area contributed by atoms with E-state index < -0.39 is 11.7 Å². The molecule has 0 amide bonds.